The highest BCUT2D eigenvalue weighted by atomic mass is 32.2. The van der Waals surface area contributed by atoms with E-state index in [1.807, 2.05) is 24.3 Å². The molecule has 0 saturated carbocycles. The number of para-hydroxylation sites is 1. The molecule has 9 heteroatoms. The number of aromatic amines is 1. The Hall–Kier alpha value is -3.46. The van der Waals surface area contributed by atoms with E-state index < -0.39 is 15.1 Å². The molecular formula is C21H20N4O4S. The van der Waals surface area contributed by atoms with Gasteiger partial charge in [0, 0.05) is 17.1 Å². The first kappa shape index (κ1) is 19.8. The van der Waals surface area contributed by atoms with Crippen LogP contribution in [0, 0.1) is 0 Å². The molecule has 0 aliphatic heterocycles. The Labute approximate surface area is 173 Å². The summed E-state index contributed by atoms with van der Waals surface area (Å²) >= 11 is 0. The van der Waals surface area contributed by atoms with E-state index in [1.54, 1.807) is 44.3 Å². The number of carbonyl (C=O) groups is 1. The van der Waals surface area contributed by atoms with Crippen LogP contribution in [0.4, 0.5) is 6.01 Å². The van der Waals surface area contributed by atoms with E-state index in [9.17, 15) is 13.2 Å². The molecule has 1 amide bonds. The summed E-state index contributed by atoms with van der Waals surface area (Å²) < 4.78 is 29.9. The average Bonchev–Trinajstić information content (AvgIpc) is 3.35. The molecule has 0 saturated heterocycles. The van der Waals surface area contributed by atoms with Gasteiger partial charge in [0.05, 0.1) is 22.1 Å². The molecule has 0 fully saturated rings. The lowest BCUT2D eigenvalue weighted by Gasteiger charge is -2.08. The van der Waals surface area contributed by atoms with Gasteiger partial charge in [0.15, 0.2) is 9.84 Å². The molecule has 0 aliphatic carbocycles. The van der Waals surface area contributed by atoms with Crippen molar-refractivity contribution in [3.8, 4) is 0 Å². The lowest BCUT2D eigenvalue weighted by molar-refractivity contribution is 0.102. The van der Waals surface area contributed by atoms with Crippen molar-refractivity contribution in [3.63, 3.8) is 0 Å². The van der Waals surface area contributed by atoms with Crippen molar-refractivity contribution in [2.45, 2.75) is 30.4 Å². The Morgan fingerprint density at radius 1 is 1.10 bits per heavy atom. The summed E-state index contributed by atoms with van der Waals surface area (Å²) in [5, 5.41) is 10.7. The summed E-state index contributed by atoms with van der Waals surface area (Å²) in [6, 6.07) is 14.0. The van der Waals surface area contributed by atoms with Gasteiger partial charge >= 0.3 is 6.01 Å². The molecule has 0 atom stereocenters. The highest BCUT2D eigenvalue weighted by molar-refractivity contribution is 7.92. The van der Waals surface area contributed by atoms with Gasteiger partial charge < -0.3 is 9.40 Å². The second-order valence-corrected chi connectivity index (χ2v) is 9.62. The lowest BCUT2D eigenvalue weighted by atomic mass is 10.1. The van der Waals surface area contributed by atoms with E-state index in [-0.39, 0.29) is 16.8 Å². The van der Waals surface area contributed by atoms with Crippen LogP contribution in [-0.4, -0.2) is 34.8 Å². The van der Waals surface area contributed by atoms with E-state index in [0.29, 0.717) is 17.9 Å². The Balaban J connectivity index is 1.45. The summed E-state index contributed by atoms with van der Waals surface area (Å²) in [6.45, 7) is 3.29. The fourth-order valence-electron chi connectivity index (χ4n) is 3.04. The van der Waals surface area contributed by atoms with E-state index in [0.717, 1.165) is 16.5 Å². The summed E-state index contributed by atoms with van der Waals surface area (Å²) in [6.07, 6.45) is 1.95. The predicted octanol–water partition coefficient (Wildman–Crippen LogP) is 3.58. The molecule has 0 aliphatic rings. The van der Waals surface area contributed by atoms with Gasteiger partial charge in [0.2, 0.25) is 5.89 Å². The second-order valence-electron chi connectivity index (χ2n) is 7.12. The number of nitrogens with zero attached hydrogens (tertiary/aromatic N) is 2. The summed E-state index contributed by atoms with van der Waals surface area (Å²) in [5.41, 5.74) is 2.15. The molecule has 2 aromatic heterocycles. The van der Waals surface area contributed by atoms with Gasteiger partial charge in [-0.2, -0.15) is 0 Å². The molecular weight excluding hydrogens is 404 g/mol. The summed E-state index contributed by atoms with van der Waals surface area (Å²) in [5.74, 6) is -0.0467. The number of sulfone groups is 1. The third-order valence-corrected chi connectivity index (χ3v) is 6.92. The molecule has 4 aromatic rings. The number of rotatable bonds is 6. The van der Waals surface area contributed by atoms with Crippen molar-refractivity contribution in [1.29, 1.82) is 0 Å². The molecule has 2 heterocycles. The number of anilines is 1. The van der Waals surface area contributed by atoms with Gasteiger partial charge in [-0.1, -0.05) is 35.4 Å². The SMILES string of the molecule is CC(C)S(=O)(=O)c1ccc(Cc2nnc(NC(=O)c3c[nH]c4ccccc34)o2)cc1. The topological polar surface area (TPSA) is 118 Å². The van der Waals surface area contributed by atoms with Gasteiger partial charge in [-0.25, -0.2) is 8.42 Å². The maximum Gasteiger partial charge on any atom is 0.322 e. The number of nitrogens with one attached hydrogen (secondary N) is 2. The monoisotopic (exact) mass is 424 g/mol. The summed E-state index contributed by atoms with van der Waals surface area (Å²) in [4.78, 5) is 15.8. The first-order chi connectivity index (χ1) is 14.3. The van der Waals surface area contributed by atoms with Crippen LogP contribution in [0.3, 0.4) is 0 Å². The fraction of sp³-hybridized carbons (Fsp3) is 0.190. The van der Waals surface area contributed by atoms with Crippen molar-refractivity contribution < 1.29 is 17.6 Å². The first-order valence-corrected chi connectivity index (χ1v) is 10.9. The first-order valence-electron chi connectivity index (χ1n) is 9.37. The smallest absolute Gasteiger partial charge is 0.322 e. The van der Waals surface area contributed by atoms with Crippen molar-refractivity contribution in [2.24, 2.45) is 0 Å². The van der Waals surface area contributed by atoms with Crippen LogP contribution in [-0.2, 0) is 16.3 Å². The minimum absolute atomic E-state index is 0.000660. The predicted molar refractivity (Wildman–Crippen MR) is 112 cm³/mol. The highest BCUT2D eigenvalue weighted by Gasteiger charge is 2.19. The van der Waals surface area contributed by atoms with E-state index in [2.05, 4.69) is 20.5 Å². The van der Waals surface area contributed by atoms with Crippen molar-refractivity contribution in [3.05, 3.63) is 71.7 Å². The number of aromatic nitrogens is 3. The van der Waals surface area contributed by atoms with E-state index >= 15 is 0 Å². The molecule has 0 bridgehead atoms. The third-order valence-electron chi connectivity index (χ3n) is 4.75. The van der Waals surface area contributed by atoms with Gasteiger partial charge in [-0.15, -0.1) is 5.10 Å². The molecule has 0 spiro atoms. The minimum atomic E-state index is -3.31. The molecule has 0 unspecified atom stereocenters. The third kappa shape index (κ3) is 3.84. The molecule has 2 N–H and O–H groups in total. The minimum Gasteiger partial charge on any atom is -0.407 e. The number of hydrogen-bond acceptors (Lipinski definition) is 6. The van der Waals surface area contributed by atoms with Gasteiger partial charge in [0.25, 0.3) is 5.91 Å². The zero-order chi connectivity index (χ0) is 21.3. The zero-order valence-corrected chi connectivity index (χ0v) is 17.2. The Kier molecular flexibility index (Phi) is 5.13. The standard InChI is InChI=1S/C21H20N4O4S/c1-13(2)30(27,28)15-9-7-14(8-10-15)11-19-24-25-21(29-19)23-20(26)17-12-22-18-6-4-3-5-16(17)18/h3-10,12-13,22H,11H2,1-2H3,(H,23,25,26). The normalized spacial score (nSPS) is 11.8. The van der Waals surface area contributed by atoms with Crippen LogP contribution in [0.5, 0.6) is 0 Å². The molecule has 2 aromatic carbocycles. The number of benzene rings is 2. The Morgan fingerprint density at radius 3 is 2.57 bits per heavy atom. The van der Waals surface area contributed by atoms with Gasteiger partial charge in [0.1, 0.15) is 0 Å². The van der Waals surface area contributed by atoms with Crippen molar-refractivity contribution >= 4 is 32.7 Å². The molecule has 154 valence electrons. The fourth-order valence-corrected chi connectivity index (χ4v) is 4.10. The second kappa shape index (κ2) is 7.75. The molecule has 0 radical (unpaired) electrons. The van der Waals surface area contributed by atoms with Crippen molar-refractivity contribution in [2.75, 3.05) is 5.32 Å². The maximum atomic E-state index is 12.5. The number of hydrogen-bond donors (Lipinski definition) is 2. The zero-order valence-electron chi connectivity index (χ0n) is 16.4. The van der Waals surface area contributed by atoms with Crippen molar-refractivity contribution in [1.82, 2.24) is 15.2 Å². The molecule has 8 nitrogen and oxygen atoms in total. The molecule has 30 heavy (non-hydrogen) atoms. The number of H-pyrrole nitrogens is 1. The average molecular weight is 424 g/mol. The van der Waals surface area contributed by atoms with Crippen LogP contribution >= 0.6 is 0 Å². The van der Waals surface area contributed by atoms with Crippen LogP contribution < -0.4 is 5.32 Å². The Bertz CT molecular complexity index is 1300. The van der Waals surface area contributed by atoms with Gasteiger partial charge in [-0.05, 0) is 37.6 Å². The number of carbonyl (C=O) groups excluding carboxylic acids is 1. The maximum absolute atomic E-state index is 12.5. The number of amides is 1. The van der Waals surface area contributed by atoms with E-state index in [1.165, 1.54) is 0 Å². The largest absolute Gasteiger partial charge is 0.407 e. The van der Waals surface area contributed by atoms with Crippen LogP contribution in [0.1, 0.15) is 35.7 Å². The lowest BCUT2D eigenvalue weighted by Crippen LogP contribution is -2.13. The van der Waals surface area contributed by atoms with Crippen LogP contribution in [0.2, 0.25) is 0 Å². The van der Waals surface area contributed by atoms with Crippen LogP contribution in [0.25, 0.3) is 10.9 Å². The molecule has 4 rings (SSSR count). The van der Waals surface area contributed by atoms with E-state index in [4.69, 9.17) is 4.42 Å². The quantitative estimate of drug-likeness (QED) is 0.488. The summed E-state index contributed by atoms with van der Waals surface area (Å²) in [7, 11) is -3.31. The van der Waals surface area contributed by atoms with Gasteiger partial charge in [-0.3, -0.25) is 10.1 Å². The van der Waals surface area contributed by atoms with Crippen LogP contribution in [0.15, 0.2) is 64.0 Å². The highest BCUT2D eigenvalue weighted by Crippen LogP contribution is 2.20. The Morgan fingerprint density at radius 2 is 1.83 bits per heavy atom. The number of fused-ring (bicyclic) bond motifs is 1.